The summed E-state index contributed by atoms with van der Waals surface area (Å²) in [4.78, 5) is 11.2. The van der Waals surface area contributed by atoms with Gasteiger partial charge in [0, 0.05) is 0 Å². The number of fused-ring (bicyclic) bond motifs is 1. The van der Waals surface area contributed by atoms with E-state index in [0.717, 1.165) is 16.7 Å². The van der Waals surface area contributed by atoms with Crippen molar-refractivity contribution in [3.63, 3.8) is 0 Å². The summed E-state index contributed by atoms with van der Waals surface area (Å²) in [6.45, 7) is 3.16. The van der Waals surface area contributed by atoms with E-state index in [1.54, 1.807) is 12.1 Å². The normalized spacial score (nSPS) is 13.3. The smallest absolute Gasteiger partial charge is 0.335 e. The number of ether oxygens (including phenoxy) is 1. The summed E-state index contributed by atoms with van der Waals surface area (Å²) in [5.74, 6) is -0.885. The van der Waals surface area contributed by atoms with Crippen LogP contribution >= 0.6 is 0 Å². The molecule has 0 atom stereocenters. The molecule has 0 aromatic heterocycles. The predicted molar refractivity (Wildman–Crippen MR) is 72.1 cm³/mol. The minimum absolute atomic E-state index is 0.356. The number of rotatable bonds is 2. The Bertz CT molecular complexity index is 659. The van der Waals surface area contributed by atoms with Gasteiger partial charge in [-0.1, -0.05) is 24.3 Å². The summed E-state index contributed by atoms with van der Waals surface area (Å²) in [5.41, 5.74) is 5.58. The molecule has 3 heteroatoms. The molecule has 0 saturated carbocycles. The molecule has 96 valence electrons. The van der Waals surface area contributed by atoms with Crippen LogP contribution in [0.25, 0.3) is 11.1 Å². The molecule has 2 aromatic carbocycles. The topological polar surface area (TPSA) is 46.5 Å². The lowest BCUT2D eigenvalue weighted by Gasteiger charge is -2.10. The van der Waals surface area contributed by atoms with Crippen molar-refractivity contribution in [2.45, 2.75) is 20.1 Å². The molecule has 1 aliphatic rings. The Morgan fingerprint density at radius 2 is 1.95 bits per heavy atom. The van der Waals surface area contributed by atoms with Crippen LogP contribution < -0.4 is 0 Å². The zero-order chi connectivity index (χ0) is 13.4. The van der Waals surface area contributed by atoms with Crippen molar-refractivity contribution < 1.29 is 14.6 Å². The molecule has 0 fully saturated rings. The van der Waals surface area contributed by atoms with Crippen molar-refractivity contribution >= 4 is 5.97 Å². The van der Waals surface area contributed by atoms with Gasteiger partial charge in [0.15, 0.2) is 0 Å². The van der Waals surface area contributed by atoms with Gasteiger partial charge in [-0.05, 0) is 46.9 Å². The van der Waals surface area contributed by atoms with E-state index < -0.39 is 5.97 Å². The highest BCUT2D eigenvalue weighted by Crippen LogP contribution is 2.30. The Kier molecular flexibility index (Phi) is 2.84. The number of carbonyl (C=O) groups is 1. The van der Waals surface area contributed by atoms with Gasteiger partial charge in [0.25, 0.3) is 0 Å². The molecule has 0 aliphatic carbocycles. The Morgan fingerprint density at radius 3 is 2.74 bits per heavy atom. The molecule has 3 nitrogen and oxygen atoms in total. The van der Waals surface area contributed by atoms with Crippen LogP contribution in [0.4, 0.5) is 0 Å². The number of carboxylic acid groups (broad SMARTS) is 1. The molecule has 0 saturated heterocycles. The van der Waals surface area contributed by atoms with Gasteiger partial charge in [0.1, 0.15) is 0 Å². The Morgan fingerprint density at radius 1 is 1.16 bits per heavy atom. The summed E-state index contributed by atoms with van der Waals surface area (Å²) in [5, 5.41) is 9.17. The minimum atomic E-state index is -0.885. The second kappa shape index (κ2) is 4.52. The van der Waals surface area contributed by atoms with Gasteiger partial charge in [0.2, 0.25) is 0 Å². The van der Waals surface area contributed by atoms with Gasteiger partial charge in [0.05, 0.1) is 18.8 Å². The van der Waals surface area contributed by atoms with Crippen LogP contribution in [-0.2, 0) is 18.0 Å². The summed E-state index contributed by atoms with van der Waals surface area (Å²) in [6.07, 6.45) is 0. The average Bonchev–Trinajstić information content (AvgIpc) is 2.85. The quantitative estimate of drug-likeness (QED) is 0.893. The third kappa shape index (κ3) is 2.02. The van der Waals surface area contributed by atoms with Crippen LogP contribution in [0, 0.1) is 6.92 Å². The predicted octanol–water partition coefficient (Wildman–Crippen LogP) is 3.39. The highest BCUT2D eigenvalue weighted by atomic mass is 16.5. The first-order chi connectivity index (χ1) is 9.16. The van der Waals surface area contributed by atoms with Gasteiger partial charge in [-0.3, -0.25) is 0 Å². The highest BCUT2D eigenvalue weighted by Gasteiger charge is 2.15. The molecule has 0 amide bonds. The first-order valence-corrected chi connectivity index (χ1v) is 6.19. The van der Waals surface area contributed by atoms with Crippen molar-refractivity contribution in [2.75, 3.05) is 0 Å². The molecular weight excluding hydrogens is 240 g/mol. The van der Waals surface area contributed by atoms with Crippen LogP contribution in [0.5, 0.6) is 0 Å². The van der Waals surface area contributed by atoms with E-state index >= 15 is 0 Å². The Hall–Kier alpha value is -2.13. The molecule has 0 radical (unpaired) electrons. The fraction of sp³-hybridized carbons (Fsp3) is 0.188. The SMILES string of the molecule is Cc1c(C(=O)O)cccc1-c1ccc2c(c1)COC2. The lowest BCUT2D eigenvalue weighted by Crippen LogP contribution is -2.00. The van der Waals surface area contributed by atoms with E-state index in [9.17, 15) is 9.90 Å². The molecular formula is C16H14O3. The van der Waals surface area contributed by atoms with Crippen LogP contribution in [0.3, 0.4) is 0 Å². The third-order valence-corrected chi connectivity index (χ3v) is 3.60. The fourth-order valence-corrected chi connectivity index (χ4v) is 2.52. The van der Waals surface area contributed by atoms with Gasteiger partial charge < -0.3 is 9.84 Å². The number of hydrogen-bond acceptors (Lipinski definition) is 2. The summed E-state index contributed by atoms with van der Waals surface area (Å²) in [7, 11) is 0. The first kappa shape index (κ1) is 11.9. The molecule has 1 aliphatic heterocycles. The lowest BCUT2D eigenvalue weighted by molar-refractivity contribution is 0.0696. The zero-order valence-corrected chi connectivity index (χ0v) is 10.6. The van der Waals surface area contributed by atoms with E-state index in [1.807, 2.05) is 19.1 Å². The van der Waals surface area contributed by atoms with Crippen molar-refractivity contribution in [3.05, 3.63) is 58.7 Å². The van der Waals surface area contributed by atoms with Gasteiger partial charge in [-0.25, -0.2) is 4.79 Å². The van der Waals surface area contributed by atoms with Gasteiger partial charge >= 0.3 is 5.97 Å². The summed E-state index contributed by atoms with van der Waals surface area (Å²) >= 11 is 0. The maximum Gasteiger partial charge on any atom is 0.335 e. The molecule has 0 bridgehead atoms. The van der Waals surface area contributed by atoms with Gasteiger partial charge in [-0.2, -0.15) is 0 Å². The summed E-state index contributed by atoms with van der Waals surface area (Å²) in [6, 6.07) is 11.6. The molecule has 19 heavy (non-hydrogen) atoms. The standard InChI is InChI=1S/C16H14O3/c1-10-14(3-2-4-15(10)16(17)18)11-5-6-12-8-19-9-13(12)7-11/h2-7H,8-9H2,1H3,(H,17,18). The lowest BCUT2D eigenvalue weighted by atomic mass is 9.94. The zero-order valence-electron chi connectivity index (χ0n) is 10.6. The number of benzene rings is 2. The number of carboxylic acids is 1. The average molecular weight is 254 g/mol. The molecule has 0 spiro atoms. The maximum atomic E-state index is 11.2. The largest absolute Gasteiger partial charge is 0.478 e. The second-order valence-electron chi connectivity index (χ2n) is 4.76. The van der Waals surface area contributed by atoms with Crippen LogP contribution in [0.1, 0.15) is 27.0 Å². The molecule has 0 unspecified atom stereocenters. The van der Waals surface area contributed by atoms with E-state index in [-0.39, 0.29) is 0 Å². The van der Waals surface area contributed by atoms with E-state index in [4.69, 9.17) is 4.74 Å². The summed E-state index contributed by atoms with van der Waals surface area (Å²) < 4.78 is 5.40. The minimum Gasteiger partial charge on any atom is -0.478 e. The van der Waals surface area contributed by atoms with Gasteiger partial charge in [-0.15, -0.1) is 0 Å². The van der Waals surface area contributed by atoms with E-state index in [0.29, 0.717) is 18.8 Å². The fourth-order valence-electron chi connectivity index (χ4n) is 2.52. The van der Waals surface area contributed by atoms with E-state index in [2.05, 4.69) is 12.1 Å². The molecule has 2 aromatic rings. The Labute approximate surface area is 111 Å². The van der Waals surface area contributed by atoms with Crippen molar-refractivity contribution in [3.8, 4) is 11.1 Å². The molecule has 1 N–H and O–H groups in total. The van der Waals surface area contributed by atoms with Crippen LogP contribution in [-0.4, -0.2) is 11.1 Å². The van der Waals surface area contributed by atoms with E-state index in [1.165, 1.54) is 11.1 Å². The number of aromatic carboxylic acids is 1. The van der Waals surface area contributed by atoms with Crippen molar-refractivity contribution in [1.29, 1.82) is 0 Å². The monoisotopic (exact) mass is 254 g/mol. The second-order valence-corrected chi connectivity index (χ2v) is 4.76. The first-order valence-electron chi connectivity index (χ1n) is 6.19. The third-order valence-electron chi connectivity index (χ3n) is 3.60. The highest BCUT2D eigenvalue weighted by molar-refractivity contribution is 5.92. The molecule has 3 rings (SSSR count). The van der Waals surface area contributed by atoms with Crippen molar-refractivity contribution in [2.24, 2.45) is 0 Å². The van der Waals surface area contributed by atoms with Crippen molar-refractivity contribution in [1.82, 2.24) is 0 Å². The van der Waals surface area contributed by atoms with Crippen LogP contribution in [0.15, 0.2) is 36.4 Å². The maximum absolute atomic E-state index is 11.2. The van der Waals surface area contributed by atoms with Crippen LogP contribution in [0.2, 0.25) is 0 Å². The Balaban J connectivity index is 2.12. The number of hydrogen-bond donors (Lipinski definition) is 1. The molecule has 1 heterocycles.